The Morgan fingerprint density at radius 1 is 1.24 bits per heavy atom. The minimum atomic E-state index is -0.545. The van der Waals surface area contributed by atoms with Crippen LogP contribution in [0.2, 0.25) is 0 Å². The molecule has 0 saturated carbocycles. The highest BCUT2D eigenvalue weighted by Crippen LogP contribution is 2.15. The van der Waals surface area contributed by atoms with Gasteiger partial charge >= 0.3 is 12.2 Å². The summed E-state index contributed by atoms with van der Waals surface area (Å²) in [4.78, 5) is 23.4. The first kappa shape index (κ1) is 13.3. The van der Waals surface area contributed by atoms with E-state index in [1.807, 2.05) is 12.2 Å². The summed E-state index contributed by atoms with van der Waals surface area (Å²) in [7, 11) is 0. The van der Waals surface area contributed by atoms with E-state index >= 15 is 0 Å². The second-order valence-electron chi connectivity index (χ2n) is 3.49. The molecule has 0 aliphatic carbocycles. The van der Waals surface area contributed by atoms with E-state index in [0.29, 0.717) is 6.54 Å². The molecule has 0 aromatic rings. The van der Waals surface area contributed by atoms with E-state index in [0.717, 1.165) is 0 Å². The van der Waals surface area contributed by atoms with Crippen LogP contribution in [0.3, 0.4) is 0 Å². The standard InChI is InChI=1S/C11H18N2O4/c1-4-16-10(14)12-8-6-7-9(3)13(12)11(15)17-5-2/h6-7,9H,4-5,8H2,1-3H3. The Bertz CT molecular complexity index is 317. The average molecular weight is 242 g/mol. The normalized spacial score (nSPS) is 19.1. The molecule has 17 heavy (non-hydrogen) atoms. The molecule has 1 aliphatic rings. The van der Waals surface area contributed by atoms with Gasteiger partial charge in [-0.1, -0.05) is 12.2 Å². The average Bonchev–Trinajstić information content (AvgIpc) is 2.29. The van der Waals surface area contributed by atoms with Crippen LogP contribution >= 0.6 is 0 Å². The van der Waals surface area contributed by atoms with Gasteiger partial charge < -0.3 is 9.47 Å². The van der Waals surface area contributed by atoms with E-state index in [4.69, 9.17) is 9.47 Å². The molecule has 1 aliphatic heterocycles. The molecule has 0 bridgehead atoms. The van der Waals surface area contributed by atoms with Crippen molar-refractivity contribution in [1.82, 2.24) is 10.0 Å². The third-order valence-electron chi connectivity index (χ3n) is 2.27. The second kappa shape index (κ2) is 6.12. The second-order valence-corrected chi connectivity index (χ2v) is 3.49. The maximum atomic E-state index is 11.7. The van der Waals surface area contributed by atoms with E-state index < -0.39 is 12.2 Å². The van der Waals surface area contributed by atoms with E-state index in [1.165, 1.54) is 10.0 Å². The van der Waals surface area contributed by atoms with Crippen LogP contribution in [-0.4, -0.2) is 48.0 Å². The van der Waals surface area contributed by atoms with E-state index in [1.54, 1.807) is 20.8 Å². The molecule has 1 unspecified atom stereocenters. The van der Waals surface area contributed by atoms with Gasteiger partial charge in [0.15, 0.2) is 0 Å². The predicted molar refractivity (Wildman–Crippen MR) is 61.2 cm³/mol. The van der Waals surface area contributed by atoms with Crippen molar-refractivity contribution in [1.29, 1.82) is 0 Å². The number of carbonyl (C=O) groups is 2. The molecule has 0 radical (unpaired) electrons. The van der Waals surface area contributed by atoms with Crippen LogP contribution in [0.4, 0.5) is 9.59 Å². The van der Waals surface area contributed by atoms with Crippen molar-refractivity contribution in [3.8, 4) is 0 Å². The Morgan fingerprint density at radius 3 is 2.41 bits per heavy atom. The predicted octanol–water partition coefficient (Wildman–Crippen LogP) is 1.78. The van der Waals surface area contributed by atoms with Crippen LogP contribution in [0.1, 0.15) is 20.8 Å². The molecular weight excluding hydrogens is 224 g/mol. The number of hydrazine groups is 1. The van der Waals surface area contributed by atoms with Gasteiger partial charge in [-0.05, 0) is 20.8 Å². The number of rotatable bonds is 2. The van der Waals surface area contributed by atoms with Crippen LogP contribution < -0.4 is 0 Å². The van der Waals surface area contributed by atoms with Gasteiger partial charge in [0.05, 0.1) is 25.8 Å². The smallest absolute Gasteiger partial charge is 0.429 e. The minimum Gasteiger partial charge on any atom is -0.448 e. The van der Waals surface area contributed by atoms with Gasteiger partial charge in [-0.3, -0.25) is 0 Å². The summed E-state index contributed by atoms with van der Waals surface area (Å²) in [5, 5.41) is 2.51. The van der Waals surface area contributed by atoms with Crippen molar-refractivity contribution >= 4 is 12.2 Å². The SMILES string of the molecule is CCOC(=O)N1CC=CC(C)N1C(=O)OCC. The third kappa shape index (κ3) is 3.12. The fraction of sp³-hybridized carbons (Fsp3) is 0.636. The molecule has 0 aromatic heterocycles. The van der Waals surface area contributed by atoms with Gasteiger partial charge in [0.2, 0.25) is 0 Å². The molecule has 2 amide bonds. The summed E-state index contributed by atoms with van der Waals surface area (Å²) in [5.41, 5.74) is 0. The Morgan fingerprint density at radius 2 is 1.82 bits per heavy atom. The zero-order valence-electron chi connectivity index (χ0n) is 10.4. The number of hydrogen-bond donors (Lipinski definition) is 0. The minimum absolute atomic E-state index is 0.229. The van der Waals surface area contributed by atoms with Gasteiger partial charge in [-0.2, -0.15) is 0 Å². The van der Waals surface area contributed by atoms with Crippen molar-refractivity contribution in [2.24, 2.45) is 0 Å². The maximum Gasteiger partial charge on any atom is 0.429 e. The molecule has 1 heterocycles. The number of nitrogens with zero attached hydrogens (tertiary/aromatic N) is 2. The van der Waals surface area contributed by atoms with Crippen molar-refractivity contribution < 1.29 is 19.1 Å². The molecule has 0 saturated heterocycles. The van der Waals surface area contributed by atoms with E-state index in [2.05, 4.69) is 0 Å². The summed E-state index contributed by atoms with van der Waals surface area (Å²) >= 11 is 0. The Labute approximate surface area is 101 Å². The molecule has 96 valence electrons. The van der Waals surface area contributed by atoms with Gasteiger partial charge in [-0.15, -0.1) is 0 Å². The zero-order chi connectivity index (χ0) is 12.8. The summed E-state index contributed by atoms with van der Waals surface area (Å²) in [6.45, 7) is 6.08. The lowest BCUT2D eigenvalue weighted by Crippen LogP contribution is -2.55. The highest BCUT2D eigenvalue weighted by Gasteiger charge is 2.32. The molecule has 1 atom stereocenters. The fourth-order valence-electron chi connectivity index (χ4n) is 1.56. The van der Waals surface area contributed by atoms with Gasteiger partial charge in [0, 0.05) is 0 Å². The topological polar surface area (TPSA) is 59.1 Å². The fourth-order valence-corrected chi connectivity index (χ4v) is 1.56. The summed E-state index contributed by atoms with van der Waals surface area (Å²) in [6.07, 6.45) is 2.57. The maximum absolute atomic E-state index is 11.7. The van der Waals surface area contributed by atoms with E-state index in [-0.39, 0.29) is 19.3 Å². The lowest BCUT2D eigenvalue weighted by molar-refractivity contribution is -0.0295. The molecule has 6 nitrogen and oxygen atoms in total. The van der Waals surface area contributed by atoms with Gasteiger partial charge in [0.1, 0.15) is 0 Å². The molecule has 0 spiro atoms. The van der Waals surface area contributed by atoms with Crippen LogP contribution in [0.5, 0.6) is 0 Å². The third-order valence-corrected chi connectivity index (χ3v) is 2.27. The number of ether oxygens (including phenoxy) is 2. The molecular formula is C11H18N2O4. The quantitative estimate of drug-likeness (QED) is 0.692. The highest BCUT2D eigenvalue weighted by atomic mass is 16.6. The Kier molecular flexibility index (Phi) is 4.81. The lowest BCUT2D eigenvalue weighted by Gasteiger charge is -2.37. The first-order valence-electron chi connectivity index (χ1n) is 5.68. The van der Waals surface area contributed by atoms with Crippen LogP contribution in [0, 0.1) is 0 Å². The molecule has 0 N–H and O–H groups in total. The Balaban J connectivity index is 2.82. The lowest BCUT2D eigenvalue weighted by atomic mass is 10.2. The van der Waals surface area contributed by atoms with Gasteiger partial charge in [-0.25, -0.2) is 19.6 Å². The summed E-state index contributed by atoms with van der Waals surface area (Å²) in [6, 6.07) is -0.229. The van der Waals surface area contributed by atoms with E-state index in [9.17, 15) is 9.59 Å². The van der Waals surface area contributed by atoms with Crippen LogP contribution in [0.25, 0.3) is 0 Å². The monoisotopic (exact) mass is 242 g/mol. The number of carbonyl (C=O) groups excluding carboxylic acids is 2. The van der Waals surface area contributed by atoms with Crippen molar-refractivity contribution in [2.75, 3.05) is 19.8 Å². The van der Waals surface area contributed by atoms with Gasteiger partial charge in [0.25, 0.3) is 0 Å². The molecule has 0 fully saturated rings. The number of hydrogen-bond acceptors (Lipinski definition) is 4. The first-order valence-corrected chi connectivity index (χ1v) is 5.68. The van der Waals surface area contributed by atoms with Crippen molar-refractivity contribution in [3.05, 3.63) is 12.2 Å². The first-order chi connectivity index (χ1) is 8.11. The summed E-state index contributed by atoms with van der Waals surface area (Å²) < 4.78 is 9.81. The summed E-state index contributed by atoms with van der Waals surface area (Å²) in [5.74, 6) is 0. The largest absolute Gasteiger partial charge is 0.448 e. The van der Waals surface area contributed by atoms with Crippen molar-refractivity contribution in [3.63, 3.8) is 0 Å². The highest BCUT2D eigenvalue weighted by molar-refractivity contribution is 5.75. The number of amides is 2. The zero-order valence-corrected chi connectivity index (χ0v) is 10.4. The van der Waals surface area contributed by atoms with Crippen LogP contribution in [-0.2, 0) is 9.47 Å². The Hall–Kier alpha value is -1.72. The molecule has 1 rings (SSSR count). The van der Waals surface area contributed by atoms with Crippen LogP contribution in [0.15, 0.2) is 12.2 Å². The molecule has 0 aromatic carbocycles. The molecule has 6 heteroatoms. The van der Waals surface area contributed by atoms with Crippen molar-refractivity contribution in [2.45, 2.75) is 26.8 Å².